The number of nitrogens with two attached hydrogens (primary N) is 1. The van der Waals surface area contributed by atoms with E-state index >= 15 is 0 Å². The number of nitrogens with one attached hydrogen (secondary N) is 1. The van der Waals surface area contributed by atoms with Gasteiger partial charge in [0.1, 0.15) is 0 Å². The molecule has 0 radical (unpaired) electrons. The summed E-state index contributed by atoms with van der Waals surface area (Å²) in [5, 5.41) is 3.47. The van der Waals surface area contributed by atoms with Gasteiger partial charge in [-0.2, -0.15) is 0 Å². The van der Waals surface area contributed by atoms with E-state index in [2.05, 4.69) is 35.9 Å². The van der Waals surface area contributed by atoms with Gasteiger partial charge in [-0.3, -0.25) is 14.7 Å². The number of aliphatic imine (C=N–C) groups is 1. The maximum Gasteiger partial charge on any atom is 0.217 e. The highest BCUT2D eigenvalue weighted by Gasteiger charge is 2.25. The van der Waals surface area contributed by atoms with Crippen molar-refractivity contribution in [2.24, 2.45) is 22.6 Å². The summed E-state index contributed by atoms with van der Waals surface area (Å²) in [5.74, 6) is 1.86. The second-order valence-corrected chi connectivity index (χ2v) is 8.35. The first-order valence-corrected chi connectivity index (χ1v) is 10.5. The first-order valence-electron chi connectivity index (χ1n) is 10.5. The summed E-state index contributed by atoms with van der Waals surface area (Å²) in [6.45, 7) is 12.8. The van der Waals surface area contributed by atoms with E-state index < -0.39 is 0 Å². The van der Waals surface area contributed by atoms with Crippen LogP contribution in [0.1, 0.15) is 59.3 Å². The van der Waals surface area contributed by atoms with E-state index in [4.69, 9.17) is 10.7 Å². The number of rotatable bonds is 8. The Labute approximate surface area is 159 Å². The van der Waals surface area contributed by atoms with Gasteiger partial charge in [0.25, 0.3) is 0 Å². The summed E-state index contributed by atoms with van der Waals surface area (Å²) in [5.41, 5.74) is 5.41. The van der Waals surface area contributed by atoms with Crippen molar-refractivity contribution < 1.29 is 4.79 Å². The third kappa shape index (κ3) is 6.78. The van der Waals surface area contributed by atoms with Gasteiger partial charge >= 0.3 is 0 Å². The second-order valence-electron chi connectivity index (χ2n) is 8.35. The van der Waals surface area contributed by atoms with Crippen LogP contribution in [0.2, 0.25) is 0 Å². The predicted octanol–water partition coefficient (Wildman–Crippen LogP) is 2.05. The van der Waals surface area contributed by atoms with Crippen LogP contribution in [0.3, 0.4) is 0 Å². The molecule has 6 nitrogen and oxygen atoms in total. The lowest BCUT2D eigenvalue weighted by Crippen LogP contribution is -2.48. The minimum atomic E-state index is -0.190. The Hall–Kier alpha value is -1.30. The molecule has 2 fully saturated rings. The number of primary amides is 1. The molecular weight excluding hydrogens is 326 g/mol. The molecule has 2 unspecified atom stereocenters. The largest absolute Gasteiger partial charge is 0.370 e. The number of hydrogen-bond acceptors (Lipinski definition) is 3. The monoisotopic (exact) mass is 365 g/mol. The van der Waals surface area contributed by atoms with Crippen LogP contribution >= 0.6 is 0 Å². The van der Waals surface area contributed by atoms with Crippen LogP contribution < -0.4 is 11.1 Å². The molecule has 2 atom stereocenters. The van der Waals surface area contributed by atoms with Gasteiger partial charge in [-0.05, 0) is 64.0 Å². The summed E-state index contributed by atoms with van der Waals surface area (Å²) >= 11 is 0. The van der Waals surface area contributed by atoms with E-state index in [9.17, 15) is 4.79 Å². The van der Waals surface area contributed by atoms with Crippen molar-refractivity contribution in [3.8, 4) is 0 Å². The van der Waals surface area contributed by atoms with Crippen LogP contribution in [0.25, 0.3) is 0 Å². The zero-order valence-electron chi connectivity index (χ0n) is 17.0. The molecule has 2 heterocycles. The van der Waals surface area contributed by atoms with Crippen molar-refractivity contribution in [1.29, 1.82) is 0 Å². The molecule has 1 amide bonds. The molecule has 150 valence electrons. The van der Waals surface area contributed by atoms with Crippen LogP contribution in [-0.2, 0) is 4.79 Å². The third-order valence-corrected chi connectivity index (χ3v) is 5.50. The van der Waals surface area contributed by atoms with Crippen molar-refractivity contribution in [2.45, 2.75) is 65.3 Å². The molecule has 0 spiro atoms. The van der Waals surface area contributed by atoms with E-state index in [-0.39, 0.29) is 5.91 Å². The number of piperidine rings is 1. The van der Waals surface area contributed by atoms with Gasteiger partial charge in [0.2, 0.25) is 5.91 Å². The highest BCUT2D eigenvalue weighted by molar-refractivity contribution is 5.80. The van der Waals surface area contributed by atoms with Gasteiger partial charge in [0.05, 0.1) is 6.54 Å². The van der Waals surface area contributed by atoms with E-state index in [0.717, 1.165) is 45.0 Å². The Kier molecular flexibility index (Phi) is 8.69. The molecule has 0 bridgehead atoms. The minimum Gasteiger partial charge on any atom is -0.370 e. The summed E-state index contributed by atoms with van der Waals surface area (Å²) < 4.78 is 0. The highest BCUT2D eigenvalue weighted by atomic mass is 16.1. The fourth-order valence-corrected chi connectivity index (χ4v) is 4.32. The molecule has 26 heavy (non-hydrogen) atoms. The zero-order chi connectivity index (χ0) is 18.9. The van der Waals surface area contributed by atoms with Gasteiger partial charge in [-0.25, -0.2) is 0 Å². The van der Waals surface area contributed by atoms with E-state index in [1.54, 1.807) is 0 Å². The fourth-order valence-electron chi connectivity index (χ4n) is 4.32. The van der Waals surface area contributed by atoms with Crippen molar-refractivity contribution in [2.75, 3.05) is 39.3 Å². The summed E-state index contributed by atoms with van der Waals surface area (Å²) in [4.78, 5) is 21.3. The number of guanidine groups is 1. The first-order chi connectivity index (χ1) is 12.5. The molecule has 6 heteroatoms. The lowest BCUT2D eigenvalue weighted by molar-refractivity contribution is -0.119. The molecule has 0 aliphatic carbocycles. The van der Waals surface area contributed by atoms with Crippen molar-refractivity contribution in [3.63, 3.8) is 0 Å². The second kappa shape index (κ2) is 10.8. The Morgan fingerprint density at radius 3 is 2.58 bits per heavy atom. The summed E-state index contributed by atoms with van der Waals surface area (Å²) in [6, 6.07) is 0.539. The molecule has 2 aliphatic heterocycles. The zero-order valence-corrected chi connectivity index (χ0v) is 17.0. The lowest BCUT2D eigenvalue weighted by atomic mass is 9.95. The maximum absolute atomic E-state index is 11.3. The normalized spacial score (nSPS) is 23.5. The topological polar surface area (TPSA) is 74.0 Å². The van der Waals surface area contributed by atoms with Gasteiger partial charge in [0, 0.05) is 32.1 Å². The fraction of sp³-hybridized carbons (Fsp3) is 0.900. The molecule has 3 N–H and O–H groups in total. The molecule has 2 rings (SSSR count). The van der Waals surface area contributed by atoms with Crippen molar-refractivity contribution in [1.82, 2.24) is 15.1 Å². The molecule has 2 saturated heterocycles. The van der Waals surface area contributed by atoms with Crippen LogP contribution in [0.5, 0.6) is 0 Å². The third-order valence-electron chi connectivity index (χ3n) is 5.50. The molecule has 0 aromatic rings. The van der Waals surface area contributed by atoms with Crippen molar-refractivity contribution in [3.05, 3.63) is 0 Å². The van der Waals surface area contributed by atoms with Crippen LogP contribution in [0, 0.1) is 11.8 Å². The number of hydrogen-bond donors (Lipinski definition) is 2. The molecule has 0 aromatic heterocycles. The minimum absolute atomic E-state index is 0.190. The standard InChI is InChI=1S/C20H39N5O/c1-4-22-20(25-11-7-8-17(15-25)13-19(21)26)23-14-18(12-16(2)3)24-9-5-6-10-24/h16-18H,4-15H2,1-3H3,(H2,21,26)(H,22,23). The maximum atomic E-state index is 11.3. The van der Waals surface area contributed by atoms with E-state index in [1.165, 1.54) is 32.4 Å². The molecule has 0 saturated carbocycles. The van der Waals surface area contributed by atoms with Crippen LogP contribution in [-0.4, -0.2) is 67.0 Å². The highest BCUT2D eigenvalue weighted by Crippen LogP contribution is 2.21. The van der Waals surface area contributed by atoms with Crippen LogP contribution in [0.15, 0.2) is 4.99 Å². The average Bonchev–Trinajstić information content (AvgIpc) is 3.11. The first kappa shape index (κ1) is 21.0. The van der Waals surface area contributed by atoms with Gasteiger partial charge in [-0.1, -0.05) is 13.8 Å². The Morgan fingerprint density at radius 1 is 1.23 bits per heavy atom. The van der Waals surface area contributed by atoms with Gasteiger partial charge in [0.15, 0.2) is 5.96 Å². The lowest BCUT2D eigenvalue weighted by Gasteiger charge is -2.35. The van der Waals surface area contributed by atoms with Crippen molar-refractivity contribution >= 4 is 11.9 Å². The Balaban J connectivity index is 2.01. The van der Waals surface area contributed by atoms with Gasteiger partial charge < -0.3 is 16.0 Å². The number of amides is 1. The molecular formula is C20H39N5O. The van der Waals surface area contributed by atoms with E-state index in [1.807, 2.05) is 0 Å². The molecule has 0 aromatic carbocycles. The predicted molar refractivity (Wildman–Crippen MR) is 108 cm³/mol. The average molecular weight is 366 g/mol. The molecule has 2 aliphatic rings. The number of likely N-dealkylation sites (tertiary alicyclic amines) is 2. The van der Waals surface area contributed by atoms with E-state index in [0.29, 0.717) is 24.3 Å². The van der Waals surface area contributed by atoms with Gasteiger partial charge in [-0.15, -0.1) is 0 Å². The summed E-state index contributed by atoms with van der Waals surface area (Å²) in [7, 11) is 0. The Morgan fingerprint density at radius 2 is 1.96 bits per heavy atom. The SMILES string of the molecule is CCNC(=NCC(CC(C)C)N1CCCC1)N1CCCC(CC(N)=O)C1. The van der Waals surface area contributed by atoms with Crippen LogP contribution in [0.4, 0.5) is 0 Å². The number of carbonyl (C=O) groups is 1. The smallest absolute Gasteiger partial charge is 0.217 e. The Bertz CT molecular complexity index is 459. The summed E-state index contributed by atoms with van der Waals surface area (Å²) in [6.07, 6.45) is 6.51. The number of carbonyl (C=O) groups excluding carboxylic acids is 1. The number of nitrogens with zero attached hydrogens (tertiary/aromatic N) is 3. The quantitative estimate of drug-likeness (QED) is 0.510.